The molecule has 2 N–H and O–H groups in total. The number of ether oxygens (including phenoxy) is 2. The van der Waals surface area contributed by atoms with E-state index in [1.807, 2.05) is 0 Å². The lowest BCUT2D eigenvalue weighted by Gasteiger charge is -2.20. The molecule has 1 fully saturated rings. The Morgan fingerprint density at radius 3 is 2.70 bits per heavy atom. The third-order valence-corrected chi connectivity index (χ3v) is 2.99. The van der Waals surface area contributed by atoms with Gasteiger partial charge >= 0.3 is 5.97 Å². The number of nitrogen functional groups attached to an aromatic ring is 1. The van der Waals surface area contributed by atoms with E-state index in [1.165, 1.54) is 0 Å². The number of carbonyl (C=O) groups is 1. The standard InChI is InChI=1S/C12H19N5O3/c1-17(2)12-15-9(14-11(13)16-12)7-20-10(18)8-3-5-19-6-4-8/h8H,3-7H2,1-2H3,(H2,13,14,15,16). The molecule has 0 aliphatic carbocycles. The van der Waals surface area contributed by atoms with Crippen LogP contribution < -0.4 is 10.6 Å². The number of esters is 1. The quantitative estimate of drug-likeness (QED) is 0.768. The molecule has 110 valence electrons. The Morgan fingerprint density at radius 1 is 1.35 bits per heavy atom. The molecule has 1 aromatic rings. The van der Waals surface area contributed by atoms with Gasteiger partial charge in [-0.3, -0.25) is 4.79 Å². The molecule has 0 bridgehead atoms. The second kappa shape index (κ2) is 6.47. The normalized spacial score (nSPS) is 15.9. The van der Waals surface area contributed by atoms with E-state index in [0.717, 1.165) is 0 Å². The van der Waals surface area contributed by atoms with Crippen LogP contribution in [0.3, 0.4) is 0 Å². The fraction of sp³-hybridized carbons (Fsp3) is 0.667. The first kappa shape index (κ1) is 14.4. The summed E-state index contributed by atoms with van der Waals surface area (Å²) in [5.41, 5.74) is 5.60. The van der Waals surface area contributed by atoms with Gasteiger partial charge in [-0.2, -0.15) is 15.0 Å². The molecular formula is C12H19N5O3. The van der Waals surface area contributed by atoms with Crippen molar-refractivity contribution in [3.8, 4) is 0 Å². The van der Waals surface area contributed by atoms with Crippen LogP contribution in [0.1, 0.15) is 18.7 Å². The van der Waals surface area contributed by atoms with Gasteiger partial charge < -0.3 is 20.1 Å². The van der Waals surface area contributed by atoms with E-state index in [2.05, 4.69) is 15.0 Å². The summed E-state index contributed by atoms with van der Waals surface area (Å²) in [6.07, 6.45) is 1.39. The average Bonchev–Trinajstić information content (AvgIpc) is 2.45. The van der Waals surface area contributed by atoms with E-state index in [0.29, 0.717) is 37.8 Å². The molecule has 1 aliphatic rings. The summed E-state index contributed by atoms with van der Waals surface area (Å²) >= 11 is 0. The van der Waals surface area contributed by atoms with E-state index in [9.17, 15) is 4.79 Å². The Kier molecular flexibility index (Phi) is 4.67. The molecule has 0 radical (unpaired) electrons. The molecule has 0 amide bonds. The first-order chi connectivity index (χ1) is 9.56. The van der Waals surface area contributed by atoms with Gasteiger partial charge in [-0.25, -0.2) is 0 Å². The van der Waals surface area contributed by atoms with Crippen LogP contribution in [0.15, 0.2) is 0 Å². The lowest BCUT2D eigenvalue weighted by molar-refractivity contribution is -0.153. The van der Waals surface area contributed by atoms with Crippen LogP contribution >= 0.6 is 0 Å². The molecule has 20 heavy (non-hydrogen) atoms. The number of nitrogens with two attached hydrogens (primary N) is 1. The van der Waals surface area contributed by atoms with Gasteiger partial charge in [-0.15, -0.1) is 0 Å². The molecule has 1 saturated heterocycles. The third kappa shape index (κ3) is 3.77. The minimum absolute atomic E-state index is 0.00372. The summed E-state index contributed by atoms with van der Waals surface area (Å²) in [5, 5.41) is 0. The van der Waals surface area contributed by atoms with E-state index < -0.39 is 0 Å². The zero-order valence-corrected chi connectivity index (χ0v) is 11.7. The van der Waals surface area contributed by atoms with E-state index >= 15 is 0 Å². The maximum absolute atomic E-state index is 11.9. The second-order valence-electron chi connectivity index (χ2n) is 4.80. The zero-order valence-electron chi connectivity index (χ0n) is 11.7. The smallest absolute Gasteiger partial charge is 0.309 e. The third-order valence-electron chi connectivity index (χ3n) is 2.99. The van der Waals surface area contributed by atoms with E-state index in [-0.39, 0.29) is 24.4 Å². The van der Waals surface area contributed by atoms with E-state index in [4.69, 9.17) is 15.2 Å². The topological polar surface area (TPSA) is 103 Å². The second-order valence-corrected chi connectivity index (χ2v) is 4.80. The molecule has 1 aliphatic heterocycles. The molecule has 0 aromatic carbocycles. The fourth-order valence-corrected chi connectivity index (χ4v) is 1.88. The molecule has 0 unspecified atom stereocenters. The Bertz CT molecular complexity index is 474. The predicted molar refractivity (Wildman–Crippen MR) is 71.9 cm³/mol. The van der Waals surface area contributed by atoms with Gasteiger partial charge in [0, 0.05) is 27.3 Å². The molecule has 2 heterocycles. The number of hydrogen-bond acceptors (Lipinski definition) is 8. The van der Waals surface area contributed by atoms with Crippen LogP contribution in [0, 0.1) is 5.92 Å². The zero-order chi connectivity index (χ0) is 14.5. The van der Waals surface area contributed by atoms with Crippen molar-refractivity contribution in [2.24, 2.45) is 5.92 Å². The van der Waals surface area contributed by atoms with Crippen LogP contribution in [-0.4, -0.2) is 48.2 Å². The SMILES string of the molecule is CN(C)c1nc(N)nc(COC(=O)C2CCOCC2)n1. The number of carbonyl (C=O) groups excluding carboxylic acids is 1. The van der Waals surface area contributed by atoms with Crippen LogP contribution in [0.25, 0.3) is 0 Å². The highest BCUT2D eigenvalue weighted by atomic mass is 16.5. The summed E-state index contributed by atoms with van der Waals surface area (Å²) in [7, 11) is 3.60. The largest absolute Gasteiger partial charge is 0.457 e. The average molecular weight is 281 g/mol. The fourth-order valence-electron chi connectivity index (χ4n) is 1.88. The van der Waals surface area contributed by atoms with Gasteiger partial charge in [0.25, 0.3) is 0 Å². The Balaban J connectivity index is 1.94. The molecule has 2 rings (SSSR count). The molecule has 0 saturated carbocycles. The maximum atomic E-state index is 11.9. The van der Waals surface area contributed by atoms with Crippen LogP contribution in [-0.2, 0) is 20.9 Å². The lowest BCUT2D eigenvalue weighted by atomic mass is 10.0. The van der Waals surface area contributed by atoms with Gasteiger partial charge in [-0.05, 0) is 12.8 Å². The van der Waals surface area contributed by atoms with Crippen LogP contribution in [0.2, 0.25) is 0 Å². The van der Waals surface area contributed by atoms with Crippen molar-refractivity contribution in [1.82, 2.24) is 15.0 Å². The van der Waals surface area contributed by atoms with Gasteiger partial charge in [0.15, 0.2) is 12.4 Å². The monoisotopic (exact) mass is 281 g/mol. The van der Waals surface area contributed by atoms with Crippen molar-refractivity contribution in [2.45, 2.75) is 19.4 Å². The summed E-state index contributed by atoms with van der Waals surface area (Å²) in [6, 6.07) is 0. The predicted octanol–water partition coefficient (Wildman–Crippen LogP) is -0.0104. The minimum atomic E-state index is -0.237. The summed E-state index contributed by atoms with van der Waals surface area (Å²) in [6.45, 7) is 1.20. The van der Waals surface area contributed by atoms with Crippen molar-refractivity contribution in [3.05, 3.63) is 5.82 Å². The van der Waals surface area contributed by atoms with Crippen LogP contribution in [0.4, 0.5) is 11.9 Å². The Morgan fingerprint density at radius 2 is 2.05 bits per heavy atom. The molecule has 8 heteroatoms. The summed E-state index contributed by atoms with van der Waals surface area (Å²) in [5.74, 6) is 0.562. The number of nitrogens with zero attached hydrogens (tertiary/aromatic N) is 4. The summed E-state index contributed by atoms with van der Waals surface area (Å²) < 4.78 is 10.4. The molecule has 8 nitrogen and oxygen atoms in total. The number of rotatable bonds is 4. The van der Waals surface area contributed by atoms with Crippen LogP contribution in [0.5, 0.6) is 0 Å². The highest BCUT2D eigenvalue weighted by molar-refractivity contribution is 5.72. The number of hydrogen-bond donors (Lipinski definition) is 1. The van der Waals surface area contributed by atoms with Gasteiger partial charge in [-0.1, -0.05) is 0 Å². The Hall–Kier alpha value is -1.96. The summed E-state index contributed by atoms with van der Waals surface area (Å²) in [4.78, 5) is 25.7. The van der Waals surface area contributed by atoms with E-state index in [1.54, 1.807) is 19.0 Å². The maximum Gasteiger partial charge on any atom is 0.309 e. The number of anilines is 2. The van der Waals surface area contributed by atoms with Crippen molar-refractivity contribution >= 4 is 17.9 Å². The van der Waals surface area contributed by atoms with Crippen molar-refractivity contribution in [2.75, 3.05) is 37.9 Å². The Labute approximate surface area is 117 Å². The first-order valence-corrected chi connectivity index (χ1v) is 6.48. The van der Waals surface area contributed by atoms with Gasteiger partial charge in [0.1, 0.15) is 0 Å². The van der Waals surface area contributed by atoms with Crippen molar-refractivity contribution in [3.63, 3.8) is 0 Å². The molecular weight excluding hydrogens is 262 g/mol. The first-order valence-electron chi connectivity index (χ1n) is 6.48. The minimum Gasteiger partial charge on any atom is -0.457 e. The highest BCUT2D eigenvalue weighted by Crippen LogP contribution is 2.17. The lowest BCUT2D eigenvalue weighted by Crippen LogP contribution is -2.25. The van der Waals surface area contributed by atoms with Gasteiger partial charge in [0.05, 0.1) is 5.92 Å². The number of aromatic nitrogens is 3. The molecule has 0 spiro atoms. The highest BCUT2D eigenvalue weighted by Gasteiger charge is 2.23. The molecule has 0 atom stereocenters. The van der Waals surface area contributed by atoms with Crippen molar-refractivity contribution < 1.29 is 14.3 Å². The molecule has 1 aromatic heterocycles. The van der Waals surface area contributed by atoms with Gasteiger partial charge in [0.2, 0.25) is 11.9 Å². The van der Waals surface area contributed by atoms with Crippen molar-refractivity contribution in [1.29, 1.82) is 0 Å².